The minimum Gasteiger partial charge on any atom is -0.207 e. The highest BCUT2D eigenvalue weighted by atomic mass is 79.9. The van der Waals surface area contributed by atoms with Crippen LogP contribution in [0.25, 0.3) is 0 Å². The highest BCUT2D eigenvalue weighted by molar-refractivity contribution is 9.09. The summed E-state index contributed by atoms with van der Waals surface area (Å²) in [5, 5.41) is 0.437. The summed E-state index contributed by atoms with van der Waals surface area (Å²) in [6, 6.07) is 12.6. The fourth-order valence-corrected chi connectivity index (χ4v) is 2.73. The Morgan fingerprint density at radius 2 is 1.76 bits per heavy atom. The van der Waals surface area contributed by atoms with Gasteiger partial charge in [0.2, 0.25) is 0 Å². The Balaban J connectivity index is 2.36. The smallest absolute Gasteiger partial charge is 0.124 e. The SMILES string of the molecule is Cc1ccc(C(Br)c2ccc(F)cc2Cl)cc1. The van der Waals surface area contributed by atoms with Crippen LogP contribution in [0.15, 0.2) is 42.5 Å². The topological polar surface area (TPSA) is 0 Å². The van der Waals surface area contributed by atoms with Crippen molar-refractivity contribution in [3.63, 3.8) is 0 Å². The molecule has 88 valence electrons. The number of halogens is 3. The molecule has 0 bridgehead atoms. The van der Waals surface area contributed by atoms with E-state index >= 15 is 0 Å². The van der Waals surface area contributed by atoms with Gasteiger partial charge in [-0.1, -0.05) is 63.4 Å². The van der Waals surface area contributed by atoms with Gasteiger partial charge in [0.15, 0.2) is 0 Å². The summed E-state index contributed by atoms with van der Waals surface area (Å²) in [5.41, 5.74) is 3.18. The standard InChI is InChI=1S/C14H11BrClF/c1-9-2-4-10(5-3-9)14(15)12-7-6-11(17)8-13(12)16/h2-8,14H,1H3. The van der Waals surface area contributed by atoms with E-state index in [0.29, 0.717) is 5.02 Å². The summed E-state index contributed by atoms with van der Waals surface area (Å²) in [5.74, 6) is -0.317. The number of hydrogen-bond acceptors (Lipinski definition) is 0. The largest absolute Gasteiger partial charge is 0.207 e. The second-order valence-corrected chi connectivity index (χ2v) is 5.26. The van der Waals surface area contributed by atoms with Crippen LogP contribution in [-0.4, -0.2) is 0 Å². The van der Waals surface area contributed by atoms with Gasteiger partial charge < -0.3 is 0 Å². The third-order valence-electron chi connectivity index (χ3n) is 2.61. The molecule has 17 heavy (non-hydrogen) atoms. The lowest BCUT2D eigenvalue weighted by atomic mass is 10.0. The molecule has 0 amide bonds. The Hall–Kier alpha value is -0.860. The molecule has 2 rings (SSSR count). The molecule has 3 heteroatoms. The van der Waals surface area contributed by atoms with Crippen molar-refractivity contribution in [3.8, 4) is 0 Å². The normalized spacial score (nSPS) is 12.5. The molecule has 0 spiro atoms. The van der Waals surface area contributed by atoms with Gasteiger partial charge in [0.05, 0.1) is 4.83 Å². The maximum Gasteiger partial charge on any atom is 0.124 e. The molecule has 0 aromatic heterocycles. The van der Waals surface area contributed by atoms with Crippen molar-refractivity contribution in [2.75, 3.05) is 0 Å². The second-order valence-electron chi connectivity index (χ2n) is 3.94. The molecule has 0 saturated carbocycles. The lowest BCUT2D eigenvalue weighted by Crippen LogP contribution is -1.94. The minimum absolute atomic E-state index is 0.0174. The molecule has 0 fully saturated rings. The van der Waals surface area contributed by atoms with E-state index in [-0.39, 0.29) is 10.6 Å². The first-order chi connectivity index (χ1) is 8.08. The van der Waals surface area contributed by atoms with E-state index < -0.39 is 0 Å². The molecule has 0 aliphatic carbocycles. The molecule has 1 atom stereocenters. The molecule has 0 aliphatic rings. The Labute approximate surface area is 114 Å². The van der Waals surface area contributed by atoms with E-state index in [1.54, 1.807) is 6.07 Å². The van der Waals surface area contributed by atoms with E-state index in [1.807, 2.05) is 31.2 Å². The number of aryl methyl sites for hydroxylation is 1. The maximum absolute atomic E-state index is 13.0. The predicted molar refractivity (Wildman–Crippen MR) is 73.4 cm³/mol. The summed E-state index contributed by atoms with van der Waals surface area (Å²) in [6.07, 6.45) is 0. The summed E-state index contributed by atoms with van der Waals surface area (Å²) >= 11 is 9.62. The van der Waals surface area contributed by atoms with Gasteiger partial charge in [-0.05, 0) is 30.2 Å². The fourth-order valence-electron chi connectivity index (χ4n) is 1.62. The molecule has 1 unspecified atom stereocenters. The average Bonchev–Trinajstić information content (AvgIpc) is 2.29. The molecule has 0 saturated heterocycles. The molecular weight excluding hydrogens is 303 g/mol. The van der Waals surface area contributed by atoms with Crippen molar-refractivity contribution < 1.29 is 4.39 Å². The predicted octanol–water partition coefficient (Wildman–Crippen LogP) is 5.27. The Morgan fingerprint density at radius 3 is 2.35 bits per heavy atom. The van der Waals surface area contributed by atoms with Crippen molar-refractivity contribution in [2.45, 2.75) is 11.8 Å². The maximum atomic E-state index is 13.0. The Morgan fingerprint density at radius 1 is 1.12 bits per heavy atom. The van der Waals surface area contributed by atoms with Crippen LogP contribution in [0.3, 0.4) is 0 Å². The second kappa shape index (κ2) is 5.19. The van der Waals surface area contributed by atoms with Crippen LogP contribution in [-0.2, 0) is 0 Å². The van der Waals surface area contributed by atoms with Gasteiger partial charge in [-0.3, -0.25) is 0 Å². The highest BCUT2D eigenvalue weighted by Crippen LogP contribution is 2.35. The molecule has 0 nitrogen and oxygen atoms in total. The zero-order valence-electron chi connectivity index (χ0n) is 9.25. The third kappa shape index (κ3) is 2.88. The monoisotopic (exact) mass is 312 g/mol. The van der Waals surface area contributed by atoms with Crippen molar-refractivity contribution in [1.29, 1.82) is 0 Å². The third-order valence-corrected chi connectivity index (χ3v) is 3.95. The van der Waals surface area contributed by atoms with Gasteiger partial charge in [-0.25, -0.2) is 4.39 Å². The van der Waals surface area contributed by atoms with Crippen LogP contribution >= 0.6 is 27.5 Å². The van der Waals surface area contributed by atoms with Crippen LogP contribution < -0.4 is 0 Å². The van der Waals surface area contributed by atoms with Gasteiger partial charge in [0, 0.05) is 5.02 Å². The van der Waals surface area contributed by atoms with Gasteiger partial charge >= 0.3 is 0 Å². The highest BCUT2D eigenvalue weighted by Gasteiger charge is 2.13. The van der Waals surface area contributed by atoms with E-state index in [9.17, 15) is 4.39 Å². The first-order valence-corrected chi connectivity index (χ1v) is 6.53. The summed E-state index contributed by atoms with van der Waals surface area (Å²) in [7, 11) is 0. The van der Waals surface area contributed by atoms with Crippen molar-refractivity contribution in [3.05, 3.63) is 70.0 Å². The number of hydrogen-bond donors (Lipinski definition) is 0. The van der Waals surface area contributed by atoms with Crippen molar-refractivity contribution in [1.82, 2.24) is 0 Å². The van der Waals surface area contributed by atoms with Crippen LogP contribution in [0.5, 0.6) is 0 Å². The molecule has 0 N–H and O–H groups in total. The lowest BCUT2D eigenvalue weighted by Gasteiger charge is -2.12. The number of alkyl halides is 1. The molecule has 2 aromatic rings. The van der Waals surface area contributed by atoms with E-state index in [0.717, 1.165) is 11.1 Å². The number of rotatable bonds is 2. The van der Waals surface area contributed by atoms with Crippen molar-refractivity contribution >= 4 is 27.5 Å². The molecule has 0 radical (unpaired) electrons. The van der Waals surface area contributed by atoms with E-state index in [1.165, 1.54) is 17.7 Å². The lowest BCUT2D eigenvalue weighted by molar-refractivity contribution is 0.627. The first-order valence-electron chi connectivity index (χ1n) is 5.23. The quantitative estimate of drug-likeness (QED) is 0.662. The molecular formula is C14H11BrClF. The average molecular weight is 314 g/mol. The zero-order valence-corrected chi connectivity index (χ0v) is 11.6. The summed E-state index contributed by atoms with van der Waals surface area (Å²) < 4.78 is 13.0. The zero-order chi connectivity index (χ0) is 12.4. The molecule has 0 aliphatic heterocycles. The van der Waals surface area contributed by atoms with E-state index in [4.69, 9.17) is 11.6 Å². The summed E-state index contributed by atoms with van der Waals surface area (Å²) in [4.78, 5) is -0.0174. The minimum atomic E-state index is -0.317. The fraction of sp³-hybridized carbons (Fsp3) is 0.143. The van der Waals surface area contributed by atoms with Crippen molar-refractivity contribution in [2.24, 2.45) is 0 Å². The molecule has 0 heterocycles. The van der Waals surface area contributed by atoms with Crippen LogP contribution in [0.1, 0.15) is 21.5 Å². The Bertz CT molecular complexity index is 522. The van der Waals surface area contributed by atoms with Crippen LogP contribution in [0.4, 0.5) is 4.39 Å². The van der Waals surface area contributed by atoms with E-state index in [2.05, 4.69) is 15.9 Å². The van der Waals surface area contributed by atoms with Gasteiger partial charge in [-0.2, -0.15) is 0 Å². The van der Waals surface area contributed by atoms with Crippen LogP contribution in [0.2, 0.25) is 5.02 Å². The van der Waals surface area contributed by atoms with Crippen LogP contribution in [0, 0.1) is 12.7 Å². The Kier molecular flexibility index (Phi) is 3.85. The van der Waals surface area contributed by atoms with Gasteiger partial charge in [-0.15, -0.1) is 0 Å². The summed E-state index contributed by atoms with van der Waals surface area (Å²) in [6.45, 7) is 2.04. The van der Waals surface area contributed by atoms with Gasteiger partial charge in [0.1, 0.15) is 5.82 Å². The molecule has 2 aromatic carbocycles. The van der Waals surface area contributed by atoms with Gasteiger partial charge in [0.25, 0.3) is 0 Å². The number of benzene rings is 2. The first kappa shape index (κ1) is 12.6.